The molecule has 4 rings (SSSR count). The number of benzene rings is 2. The highest BCUT2D eigenvalue weighted by atomic mass is 79.9. The first-order chi connectivity index (χ1) is 14.8. The molecule has 0 spiro atoms. The number of allylic oxidation sites excluding steroid dienone is 2. The maximum atomic E-state index is 15.1. The number of Topliss-reactive ketones (excluding diaryl/α,β-unsaturated/α-hetero) is 1. The van der Waals surface area contributed by atoms with Crippen LogP contribution in [0.4, 0.5) is 23.2 Å². The van der Waals surface area contributed by atoms with Crippen molar-refractivity contribution < 1.29 is 22.4 Å². The van der Waals surface area contributed by atoms with Gasteiger partial charge in [-0.15, -0.1) is 0 Å². The van der Waals surface area contributed by atoms with Gasteiger partial charge in [-0.1, -0.05) is 0 Å². The summed E-state index contributed by atoms with van der Waals surface area (Å²) in [5.74, 6) is -4.35. The summed E-state index contributed by atoms with van der Waals surface area (Å²) in [5, 5.41) is 3.08. The molecule has 2 aromatic rings. The minimum absolute atomic E-state index is 0.116. The van der Waals surface area contributed by atoms with Crippen molar-refractivity contribution in [2.75, 3.05) is 11.8 Å². The van der Waals surface area contributed by atoms with Crippen LogP contribution in [0.1, 0.15) is 10.4 Å². The lowest BCUT2D eigenvalue weighted by molar-refractivity contribution is 0.102. The van der Waals surface area contributed by atoms with Crippen LogP contribution in [0.3, 0.4) is 0 Å². The van der Waals surface area contributed by atoms with Crippen molar-refractivity contribution in [2.45, 2.75) is 11.1 Å². The summed E-state index contributed by atoms with van der Waals surface area (Å²) in [6.07, 6.45) is 4.59. The second-order valence-electron chi connectivity index (χ2n) is 6.80. The normalized spacial score (nSPS) is 17.4. The molecule has 0 saturated carbocycles. The minimum atomic E-state index is -1.12. The first kappa shape index (κ1) is 21.5. The minimum Gasteiger partial charge on any atom is -0.367 e. The van der Waals surface area contributed by atoms with Gasteiger partial charge < -0.3 is 14.9 Å². The Morgan fingerprint density at radius 3 is 2.68 bits per heavy atom. The maximum Gasteiger partial charge on any atom is 0.200 e. The third-order valence-corrected chi connectivity index (χ3v) is 6.06. The summed E-state index contributed by atoms with van der Waals surface area (Å²) in [4.78, 5) is 14.7. The summed E-state index contributed by atoms with van der Waals surface area (Å²) in [7, 11) is 1.73. The Balaban J connectivity index is 1.65. The number of halogens is 5. The van der Waals surface area contributed by atoms with Gasteiger partial charge in [0, 0.05) is 35.1 Å². The summed E-state index contributed by atoms with van der Waals surface area (Å²) in [5.41, 5.74) is -0.269. The Morgan fingerprint density at radius 1 is 1.16 bits per heavy atom. The van der Waals surface area contributed by atoms with E-state index in [2.05, 4.69) is 26.0 Å². The van der Waals surface area contributed by atoms with Crippen molar-refractivity contribution in [1.29, 1.82) is 0 Å². The Kier molecular flexibility index (Phi) is 5.85. The predicted molar refractivity (Wildman–Crippen MR) is 114 cm³/mol. The number of carbonyl (C=O) groups excluding carboxylic acids is 1. The number of carbonyl (C=O) groups is 1. The molecule has 2 aliphatic rings. The predicted octanol–water partition coefficient (Wildman–Crippen LogP) is 5.47. The van der Waals surface area contributed by atoms with Gasteiger partial charge in [0.25, 0.3) is 0 Å². The molecule has 1 unspecified atom stereocenters. The highest BCUT2D eigenvalue weighted by Crippen LogP contribution is 2.35. The molecular formula is C21H14BrF4N3OS. The summed E-state index contributed by atoms with van der Waals surface area (Å²) >= 11 is 3.93. The van der Waals surface area contributed by atoms with Gasteiger partial charge in [-0.25, -0.2) is 17.6 Å². The molecule has 2 heterocycles. The van der Waals surface area contributed by atoms with Crippen molar-refractivity contribution in [1.82, 2.24) is 10.2 Å². The first-order valence-corrected chi connectivity index (χ1v) is 10.5. The van der Waals surface area contributed by atoms with Gasteiger partial charge in [0.2, 0.25) is 5.78 Å². The largest absolute Gasteiger partial charge is 0.367 e. The average Bonchev–Trinajstić information content (AvgIpc) is 3.05. The zero-order valence-corrected chi connectivity index (χ0v) is 18.3. The topological polar surface area (TPSA) is 44.4 Å². The van der Waals surface area contributed by atoms with Crippen LogP contribution >= 0.6 is 27.9 Å². The molecule has 10 heteroatoms. The summed E-state index contributed by atoms with van der Waals surface area (Å²) in [6.45, 7) is 0. The third kappa shape index (κ3) is 4.09. The number of hydrogen-bond donors (Lipinski definition) is 2. The molecule has 0 radical (unpaired) electrons. The van der Waals surface area contributed by atoms with E-state index in [0.29, 0.717) is 22.0 Å². The van der Waals surface area contributed by atoms with Crippen molar-refractivity contribution in [3.05, 3.63) is 93.3 Å². The van der Waals surface area contributed by atoms with Gasteiger partial charge in [-0.2, -0.15) is 0 Å². The van der Waals surface area contributed by atoms with Gasteiger partial charge in [0.1, 0.15) is 23.6 Å². The summed E-state index contributed by atoms with van der Waals surface area (Å²) in [6, 6.07) is 4.86. The van der Waals surface area contributed by atoms with E-state index in [4.69, 9.17) is 0 Å². The monoisotopic (exact) mass is 511 g/mol. The molecule has 160 valence electrons. The SMILES string of the molecule is CN1C=C(C(=O)c2c(F)ccc(NSc3cc(F)ccc3F)c2F)C2=CC(Br)=CNC21. The molecule has 0 saturated heterocycles. The van der Waals surface area contributed by atoms with E-state index < -0.39 is 34.6 Å². The van der Waals surface area contributed by atoms with E-state index >= 15 is 4.39 Å². The van der Waals surface area contributed by atoms with Crippen LogP contribution in [0.2, 0.25) is 0 Å². The van der Waals surface area contributed by atoms with Gasteiger partial charge in [-0.05, 0) is 64.3 Å². The average molecular weight is 512 g/mol. The Morgan fingerprint density at radius 2 is 1.90 bits per heavy atom. The van der Waals surface area contributed by atoms with E-state index in [9.17, 15) is 18.0 Å². The fourth-order valence-electron chi connectivity index (χ4n) is 3.26. The van der Waals surface area contributed by atoms with Crippen LogP contribution < -0.4 is 10.0 Å². The highest BCUT2D eigenvalue weighted by Gasteiger charge is 2.35. The van der Waals surface area contributed by atoms with Crippen molar-refractivity contribution in [3.63, 3.8) is 0 Å². The Hall–Kier alpha value is -2.72. The molecule has 2 N–H and O–H groups in total. The molecule has 0 bridgehead atoms. The number of nitrogens with one attached hydrogen (secondary N) is 2. The van der Waals surface area contributed by atoms with Gasteiger partial charge in [0.05, 0.1) is 16.1 Å². The quantitative estimate of drug-likeness (QED) is 0.316. The maximum absolute atomic E-state index is 15.1. The first-order valence-electron chi connectivity index (χ1n) is 8.94. The van der Waals surface area contributed by atoms with E-state index in [1.54, 1.807) is 24.2 Å². The molecule has 0 amide bonds. The fourth-order valence-corrected chi connectivity index (χ4v) is 4.35. The van der Waals surface area contributed by atoms with Crippen LogP contribution in [0.25, 0.3) is 0 Å². The second-order valence-corrected chi connectivity index (χ2v) is 8.56. The zero-order chi connectivity index (χ0) is 22.3. The molecule has 1 atom stereocenters. The Bertz CT molecular complexity index is 1180. The number of nitrogens with zero attached hydrogens (tertiary/aromatic N) is 1. The second kappa shape index (κ2) is 8.43. The third-order valence-electron chi connectivity index (χ3n) is 4.75. The van der Waals surface area contributed by atoms with E-state index in [1.807, 2.05) is 0 Å². The molecule has 2 aliphatic heterocycles. The molecule has 0 fully saturated rings. The molecular weight excluding hydrogens is 498 g/mol. The van der Waals surface area contributed by atoms with Gasteiger partial charge in [0.15, 0.2) is 5.82 Å². The highest BCUT2D eigenvalue weighted by molar-refractivity contribution is 9.11. The zero-order valence-electron chi connectivity index (χ0n) is 15.8. The number of anilines is 1. The lowest BCUT2D eigenvalue weighted by atomic mass is 9.95. The van der Waals surface area contributed by atoms with Crippen molar-refractivity contribution in [2.24, 2.45) is 0 Å². The molecule has 0 aromatic heterocycles. The number of rotatable bonds is 5. The molecule has 4 nitrogen and oxygen atoms in total. The number of likely N-dealkylation sites (N-methyl/N-ethyl adjacent to an activating group) is 1. The lowest BCUT2D eigenvalue weighted by Gasteiger charge is -2.25. The van der Waals surface area contributed by atoms with Crippen LogP contribution in [0, 0.1) is 23.3 Å². The van der Waals surface area contributed by atoms with Crippen LogP contribution in [-0.2, 0) is 0 Å². The standard InChI is InChI=1S/C21H14BrF4N3OS/c1-29-9-13(12-6-10(22)8-27-21(12)29)20(30)18-15(25)4-5-16(19(18)26)28-31-17-7-11(23)2-3-14(17)24/h2-9,21,27-28H,1H3. The van der Waals surface area contributed by atoms with Gasteiger partial charge in [-0.3, -0.25) is 4.79 Å². The number of hydrogen-bond acceptors (Lipinski definition) is 5. The molecule has 0 aliphatic carbocycles. The van der Waals surface area contributed by atoms with Crippen LogP contribution in [0.5, 0.6) is 0 Å². The van der Waals surface area contributed by atoms with E-state index in [-0.39, 0.29) is 22.3 Å². The van der Waals surface area contributed by atoms with Crippen LogP contribution in [0.15, 0.2) is 69.3 Å². The van der Waals surface area contributed by atoms with Crippen molar-refractivity contribution in [3.8, 4) is 0 Å². The number of dihydropyridines is 1. The van der Waals surface area contributed by atoms with Crippen LogP contribution in [-0.4, -0.2) is 23.9 Å². The number of ketones is 1. The smallest absolute Gasteiger partial charge is 0.200 e. The van der Waals surface area contributed by atoms with E-state index in [0.717, 1.165) is 30.3 Å². The van der Waals surface area contributed by atoms with Crippen molar-refractivity contribution >= 4 is 39.3 Å². The van der Waals surface area contributed by atoms with E-state index in [1.165, 1.54) is 6.20 Å². The Labute approximate surface area is 188 Å². The molecule has 31 heavy (non-hydrogen) atoms. The van der Waals surface area contributed by atoms with Gasteiger partial charge >= 0.3 is 0 Å². The lowest BCUT2D eigenvalue weighted by Crippen LogP contribution is -2.37. The molecule has 2 aromatic carbocycles. The summed E-state index contributed by atoms with van der Waals surface area (Å²) < 4.78 is 60.0. The number of fused-ring (bicyclic) bond motifs is 1. The fraction of sp³-hybridized carbons (Fsp3) is 0.0952.